The molecular weight excluding hydrogens is 302 g/mol. The molecule has 1 heterocycles. The molecule has 1 aromatic carbocycles. The first-order valence-electron chi connectivity index (χ1n) is 6.77. The van der Waals surface area contributed by atoms with Gasteiger partial charge in [0.05, 0.1) is 0 Å². The molecule has 19 heavy (non-hydrogen) atoms. The number of rotatable bonds is 2. The maximum absolute atomic E-state index is 12.2. The molecule has 1 fully saturated rings. The topological polar surface area (TPSA) is 20.3 Å². The van der Waals surface area contributed by atoms with Gasteiger partial charge in [-0.25, -0.2) is 0 Å². The molecule has 0 N–H and O–H groups in total. The van der Waals surface area contributed by atoms with E-state index in [9.17, 15) is 4.79 Å². The largest absolute Gasteiger partial charge is 0.339 e. The van der Waals surface area contributed by atoms with E-state index >= 15 is 0 Å². The molecule has 0 saturated carbocycles. The molecule has 1 aliphatic heterocycles. The summed E-state index contributed by atoms with van der Waals surface area (Å²) in [4.78, 5) is 14.1. The summed E-state index contributed by atoms with van der Waals surface area (Å²) in [6, 6.07) is 7.95. The smallest absolute Gasteiger partial charge is 0.246 e. The lowest BCUT2D eigenvalue weighted by atomic mass is 9.92. The number of nitrogens with zero attached hydrogens (tertiary/aromatic N) is 1. The molecule has 2 unspecified atom stereocenters. The number of hydrogen-bond donors (Lipinski definition) is 0. The Labute approximate surface area is 123 Å². The monoisotopic (exact) mass is 321 g/mol. The predicted octanol–water partition coefficient (Wildman–Crippen LogP) is 3.97. The van der Waals surface area contributed by atoms with Crippen LogP contribution in [0.15, 0.2) is 34.8 Å². The number of hydrogen-bond acceptors (Lipinski definition) is 1. The lowest BCUT2D eigenvalue weighted by Crippen LogP contribution is -2.41. The van der Waals surface area contributed by atoms with Crippen molar-refractivity contribution >= 4 is 27.9 Å². The van der Waals surface area contributed by atoms with Gasteiger partial charge in [0.2, 0.25) is 5.91 Å². The summed E-state index contributed by atoms with van der Waals surface area (Å²) in [5.74, 6) is 1.34. The van der Waals surface area contributed by atoms with Crippen molar-refractivity contribution in [2.45, 2.75) is 20.3 Å². The number of piperidine rings is 1. The zero-order chi connectivity index (χ0) is 13.8. The molecule has 0 aliphatic carbocycles. The second kappa shape index (κ2) is 6.38. The van der Waals surface area contributed by atoms with Crippen molar-refractivity contribution in [3.05, 3.63) is 40.4 Å². The Kier molecular flexibility index (Phi) is 4.81. The van der Waals surface area contributed by atoms with Crippen molar-refractivity contribution in [1.82, 2.24) is 4.90 Å². The lowest BCUT2D eigenvalue weighted by Gasteiger charge is -2.34. The third-order valence-electron chi connectivity index (χ3n) is 3.47. The van der Waals surface area contributed by atoms with Crippen LogP contribution < -0.4 is 0 Å². The van der Waals surface area contributed by atoms with Gasteiger partial charge < -0.3 is 4.90 Å². The summed E-state index contributed by atoms with van der Waals surface area (Å²) in [7, 11) is 0. The standard InChI is InChI=1S/C16H20BrNO/c1-12-9-13(2)11-18(10-12)16(19)8-5-14-3-6-15(17)7-4-14/h3-8,12-13H,9-11H2,1-2H3/b8-5+. The molecule has 2 rings (SSSR count). The normalized spacial score (nSPS) is 23.8. The van der Waals surface area contributed by atoms with E-state index in [1.54, 1.807) is 6.08 Å². The van der Waals surface area contributed by atoms with Gasteiger partial charge in [0.25, 0.3) is 0 Å². The third-order valence-corrected chi connectivity index (χ3v) is 4.00. The Morgan fingerprint density at radius 3 is 2.37 bits per heavy atom. The fourth-order valence-corrected chi connectivity index (χ4v) is 2.95. The van der Waals surface area contributed by atoms with Crippen molar-refractivity contribution in [3.8, 4) is 0 Å². The average molecular weight is 322 g/mol. The molecule has 2 atom stereocenters. The molecule has 1 saturated heterocycles. The van der Waals surface area contributed by atoms with Gasteiger partial charge in [-0.2, -0.15) is 0 Å². The van der Waals surface area contributed by atoms with Crippen LogP contribution in [0.25, 0.3) is 6.08 Å². The number of amides is 1. The molecule has 1 amide bonds. The predicted molar refractivity (Wildman–Crippen MR) is 82.7 cm³/mol. The Hall–Kier alpha value is -1.09. The third kappa shape index (κ3) is 4.20. The van der Waals surface area contributed by atoms with E-state index in [1.165, 1.54) is 6.42 Å². The van der Waals surface area contributed by atoms with E-state index in [1.807, 2.05) is 35.2 Å². The zero-order valence-corrected chi connectivity index (χ0v) is 13.1. The van der Waals surface area contributed by atoms with Crippen molar-refractivity contribution in [1.29, 1.82) is 0 Å². The maximum atomic E-state index is 12.2. The summed E-state index contributed by atoms with van der Waals surface area (Å²) < 4.78 is 1.05. The first-order valence-corrected chi connectivity index (χ1v) is 7.56. The number of carbonyl (C=O) groups excluding carboxylic acids is 1. The van der Waals surface area contributed by atoms with E-state index in [-0.39, 0.29) is 5.91 Å². The number of halogens is 1. The van der Waals surface area contributed by atoms with Crippen molar-refractivity contribution < 1.29 is 4.79 Å². The minimum atomic E-state index is 0.126. The SMILES string of the molecule is CC1CC(C)CN(C(=O)/C=C/c2ccc(Br)cc2)C1. The summed E-state index contributed by atoms with van der Waals surface area (Å²) in [5.41, 5.74) is 1.05. The average Bonchev–Trinajstić information content (AvgIpc) is 2.36. The van der Waals surface area contributed by atoms with Gasteiger partial charge in [-0.05, 0) is 42.0 Å². The molecule has 3 heteroatoms. The van der Waals surface area contributed by atoms with Crippen LogP contribution in [0.2, 0.25) is 0 Å². The number of likely N-dealkylation sites (tertiary alicyclic amines) is 1. The van der Waals surface area contributed by atoms with Gasteiger partial charge in [-0.1, -0.05) is 41.9 Å². The van der Waals surface area contributed by atoms with E-state index in [2.05, 4.69) is 29.8 Å². The highest BCUT2D eigenvalue weighted by atomic mass is 79.9. The van der Waals surface area contributed by atoms with Crippen molar-refractivity contribution in [3.63, 3.8) is 0 Å². The second-order valence-electron chi connectivity index (χ2n) is 5.57. The van der Waals surface area contributed by atoms with Gasteiger partial charge in [0.1, 0.15) is 0 Å². The van der Waals surface area contributed by atoms with Crippen LogP contribution in [0.4, 0.5) is 0 Å². The van der Waals surface area contributed by atoms with Gasteiger partial charge in [-0.3, -0.25) is 4.79 Å². The second-order valence-corrected chi connectivity index (χ2v) is 6.49. The molecular formula is C16H20BrNO. The maximum Gasteiger partial charge on any atom is 0.246 e. The van der Waals surface area contributed by atoms with E-state index in [0.717, 1.165) is 23.1 Å². The van der Waals surface area contributed by atoms with Gasteiger partial charge in [0.15, 0.2) is 0 Å². The Bertz CT molecular complexity index is 456. The zero-order valence-electron chi connectivity index (χ0n) is 11.5. The summed E-state index contributed by atoms with van der Waals surface area (Å²) in [5, 5.41) is 0. The van der Waals surface area contributed by atoms with Crippen LogP contribution in [0.1, 0.15) is 25.8 Å². The molecule has 102 valence electrons. The summed E-state index contributed by atoms with van der Waals surface area (Å²) >= 11 is 3.40. The van der Waals surface area contributed by atoms with Gasteiger partial charge in [-0.15, -0.1) is 0 Å². The highest BCUT2D eigenvalue weighted by Crippen LogP contribution is 2.21. The quantitative estimate of drug-likeness (QED) is 0.755. The lowest BCUT2D eigenvalue weighted by molar-refractivity contribution is -0.128. The van der Waals surface area contributed by atoms with Crippen LogP contribution in [-0.2, 0) is 4.79 Å². The Balaban J connectivity index is 1.98. The minimum Gasteiger partial charge on any atom is -0.339 e. The molecule has 1 aliphatic rings. The van der Waals surface area contributed by atoms with Crippen molar-refractivity contribution in [2.24, 2.45) is 11.8 Å². The molecule has 0 radical (unpaired) electrons. The molecule has 0 spiro atoms. The van der Waals surface area contributed by atoms with Crippen LogP contribution in [0.5, 0.6) is 0 Å². The molecule has 0 bridgehead atoms. The number of carbonyl (C=O) groups is 1. The van der Waals surface area contributed by atoms with Crippen LogP contribution in [0, 0.1) is 11.8 Å². The summed E-state index contributed by atoms with van der Waals surface area (Å²) in [6.07, 6.45) is 4.80. The first kappa shape index (κ1) is 14.3. The van der Waals surface area contributed by atoms with E-state index < -0.39 is 0 Å². The fraction of sp³-hybridized carbons (Fsp3) is 0.438. The molecule has 0 aromatic heterocycles. The van der Waals surface area contributed by atoms with Crippen LogP contribution in [-0.4, -0.2) is 23.9 Å². The van der Waals surface area contributed by atoms with Gasteiger partial charge in [0, 0.05) is 23.6 Å². The van der Waals surface area contributed by atoms with Crippen molar-refractivity contribution in [2.75, 3.05) is 13.1 Å². The van der Waals surface area contributed by atoms with Gasteiger partial charge >= 0.3 is 0 Å². The Morgan fingerprint density at radius 2 is 1.79 bits per heavy atom. The molecule has 1 aromatic rings. The summed E-state index contributed by atoms with van der Waals surface area (Å²) in [6.45, 7) is 6.20. The number of benzene rings is 1. The fourth-order valence-electron chi connectivity index (χ4n) is 2.69. The van der Waals surface area contributed by atoms with Crippen LogP contribution >= 0.6 is 15.9 Å². The van der Waals surface area contributed by atoms with Crippen LogP contribution in [0.3, 0.4) is 0 Å². The Morgan fingerprint density at radius 1 is 1.21 bits per heavy atom. The highest BCUT2D eigenvalue weighted by molar-refractivity contribution is 9.10. The minimum absolute atomic E-state index is 0.126. The first-order chi connectivity index (χ1) is 9.04. The van der Waals surface area contributed by atoms with E-state index in [0.29, 0.717) is 11.8 Å². The highest BCUT2D eigenvalue weighted by Gasteiger charge is 2.23. The molecule has 2 nitrogen and oxygen atoms in total. The van der Waals surface area contributed by atoms with E-state index in [4.69, 9.17) is 0 Å².